The molecule has 22 heavy (non-hydrogen) atoms. The number of H-pyrrole nitrogens is 1. The number of unbranched alkanes of at least 4 members (excludes halogenated alkanes) is 2. The van der Waals surface area contributed by atoms with Crippen LogP contribution in [-0.4, -0.2) is 27.3 Å². The fraction of sp³-hybridized carbons (Fsp3) is 0.294. The van der Waals surface area contributed by atoms with Crippen LogP contribution in [0.2, 0.25) is 0 Å². The van der Waals surface area contributed by atoms with Crippen molar-refractivity contribution in [3.8, 4) is 5.88 Å². The predicted molar refractivity (Wildman–Crippen MR) is 90.4 cm³/mol. The first-order chi connectivity index (χ1) is 10.9. The first kappa shape index (κ1) is 14.9. The SMILES string of the molecule is c1ccc(OCCCCCSc2nc3ccccc3[nH]2)nc1. The number of fused-ring (bicyclic) bond motifs is 1. The number of hydrogen-bond acceptors (Lipinski definition) is 4. The molecule has 5 heteroatoms. The number of aromatic nitrogens is 3. The Balaban J connectivity index is 1.30. The lowest BCUT2D eigenvalue weighted by Crippen LogP contribution is -1.98. The van der Waals surface area contributed by atoms with Gasteiger partial charge in [0.05, 0.1) is 17.6 Å². The van der Waals surface area contributed by atoms with Gasteiger partial charge in [-0.15, -0.1) is 0 Å². The van der Waals surface area contributed by atoms with Crippen molar-refractivity contribution in [1.29, 1.82) is 0 Å². The predicted octanol–water partition coefficient (Wildman–Crippen LogP) is 4.30. The summed E-state index contributed by atoms with van der Waals surface area (Å²) in [7, 11) is 0. The fourth-order valence-electron chi connectivity index (χ4n) is 2.16. The molecule has 0 atom stereocenters. The van der Waals surface area contributed by atoms with Crippen LogP contribution in [0.3, 0.4) is 0 Å². The molecule has 2 heterocycles. The summed E-state index contributed by atoms with van der Waals surface area (Å²) >= 11 is 1.78. The number of benzene rings is 1. The van der Waals surface area contributed by atoms with Gasteiger partial charge in [-0.3, -0.25) is 0 Å². The molecule has 0 radical (unpaired) electrons. The van der Waals surface area contributed by atoms with Gasteiger partial charge in [-0.25, -0.2) is 9.97 Å². The minimum absolute atomic E-state index is 0.708. The standard InChI is InChI=1S/C17H19N3OS/c1(6-12-21-16-10-4-5-11-18-16)7-13-22-17-19-14-8-2-3-9-15(14)20-17/h2-5,8-11H,1,6-7,12-13H2,(H,19,20). The minimum Gasteiger partial charge on any atom is -0.478 e. The average Bonchev–Trinajstić information content (AvgIpc) is 2.97. The van der Waals surface area contributed by atoms with Crippen molar-refractivity contribution >= 4 is 22.8 Å². The summed E-state index contributed by atoms with van der Waals surface area (Å²) in [5.74, 6) is 1.78. The number of rotatable bonds is 8. The van der Waals surface area contributed by atoms with E-state index in [0.717, 1.165) is 47.8 Å². The van der Waals surface area contributed by atoms with Crippen molar-refractivity contribution in [1.82, 2.24) is 15.0 Å². The van der Waals surface area contributed by atoms with Gasteiger partial charge < -0.3 is 9.72 Å². The zero-order valence-electron chi connectivity index (χ0n) is 12.4. The second kappa shape index (κ2) is 7.84. The van der Waals surface area contributed by atoms with Crippen molar-refractivity contribution in [2.45, 2.75) is 24.4 Å². The van der Waals surface area contributed by atoms with E-state index in [9.17, 15) is 0 Å². The Morgan fingerprint density at radius 1 is 1.00 bits per heavy atom. The van der Waals surface area contributed by atoms with Gasteiger partial charge in [0.2, 0.25) is 5.88 Å². The maximum Gasteiger partial charge on any atom is 0.213 e. The summed E-state index contributed by atoms with van der Waals surface area (Å²) in [6.07, 6.45) is 5.12. The van der Waals surface area contributed by atoms with E-state index in [2.05, 4.69) is 21.0 Å². The molecule has 0 fully saturated rings. The number of nitrogens with zero attached hydrogens (tertiary/aromatic N) is 2. The molecule has 0 aliphatic rings. The van der Waals surface area contributed by atoms with Gasteiger partial charge in [0.1, 0.15) is 0 Å². The van der Waals surface area contributed by atoms with E-state index in [-0.39, 0.29) is 0 Å². The molecule has 0 aliphatic heterocycles. The molecule has 0 amide bonds. The number of para-hydroxylation sites is 2. The Morgan fingerprint density at radius 2 is 1.91 bits per heavy atom. The number of nitrogens with one attached hydrogen (secondary N) is 1. The van der Waals surface area contributed by atoms with Gasteiger partial charge in [0.15, 0.2) is 5.16 Å². The quantitative estimate of drug-likeness (QED) is 0.497. The second-order valence-corrected chi connectivity index (χ2v) is 6.07. The van der Waals surface area contributed by atoms with Crippen molar-refractivity contribution < 1.29 is 4.74 Å². The molecule has 0 saturated carbocycles. The van der Waals surface area contributed by atoms with E-state index in [4.69, 9.17) is 4.74 Å². The summed E-state index contributed by atoms with van der Waals surface area (Å²) in [5.41, 5.74) is 2.14. The molecule has 0 bridgehead atoms. The summed E-state index contributed by atoms with van der Waals surface area (Å²) in [5, 5.41) is 1.01. The van der Waals surface area contributed by atoms with Crippen LogP contribution in [0.4, 0.5) is 0 Å². The monoisotopic (exact) mass is 313 g/mol. The number of aromatic amines is 1. The Hall–Kier alpha value is -2.01. The number of ether oxygens (including phenoxy) is 1. The van der Waals surface area contributed by atoms with Crippen molar-refractivity contribution in [3.63, 3.8) is 0 Å². The number of pyridine rings is 1. The third kappa shape index (κ3) is 4.24. The Morgan fingerprint density at radius 3 is 2.77 bits per heavy atom. The van der Waals surface area contributed by atoms with Crippen LogP contribution in [0.1, 0.15) is 19.3 Å². The van der Waals surface area contributed by atoms with Crippen LogP contribution in [0, 0.1) is 0 Å². The molecule has 0 aliphatic carbocycles. The summed E-state index contributed by atoms with van der Waals surface area (Å²) in [6.45, 7) is 0.728. The lowest BCUT2D eigenvalue weighted by atomic mass is 10.3. The molecule has 1 aromatic carbocycles. The van der Waals surface area contributed by atoms with E-state index >= 15 is 0 Å². The highest BCUT2D eigenvalue weighted by atomic mass is 32.2. The van der Waals surface area contributed by atoms with Gasteiger partial charge in [0.25, 0.3) is 0 Å². The fourth-order valence-corrected chi connectivity index (χ4v) is 3.04. The zero-order chi connectivity index (χ0) is 15.0. The van der Waals surface area contributed by atoms with E-state index in [1.54, 1.807) is 18.0 Å². The largest absolute Gasteiger partial charge is 0.478 e. The normalized spacial score (nSPS) is 10.9. The van der Waals surface area contributed by atoms with Crippen molar-refractivity contribution in [2.24, 2.45) is 0 Å². The molecule has 0 unspecified atom stereocenters. The van der Waals surface area contributed by atoms with Crippen molar-refractivity contribution in [3.05, 3.63) is 48.7 Å². The highest BCUT2D eigenvalue weighted by Crippen LogP contribution is 2.20. The molecule has 3 rings (SSSR count). The first-order valence-electron chi connectivity index (χ1n) is 7.53. The summed E-state index contributed by atoms with van der Waals surface area (Å²) in [4.78, 5) is 12.0. The molecule has 0 spiro atoms. The average molecular weight is 313 g/mol. The number of thioether (sulfide) groups is 1. The second-order valence-electron chi connectivity index (χ2n) is 4.98. The first-order valence-corrected chi connectivity index (χ1v) is 8.52. The van der Waals surface area contributed by atoms with E-state index in [0.29, 0.717) is 5.88 Å². The molecular weight excluding hydrogens is 294 g/mol. The van der Waals surface area contributed by atoms with Crippen LogP contribution in [0.5, 0.6) is 5.88 Å². The van der Waals surface area contributed by atoms with E-state index in [1.165, 1.54) is 0 Å². The maximum absolute atomic E-state index is 5.57. The molecule has 4 nitrogen and oxygen atoms in total. The molecular formula is C17H19N3OS. The number of hydrogen-bond donors (Lipinski definition) is 1. The molecule has 1 N–H and O–H groups in total. The Labute approximate surface area is 134 Å². The Kier molecular flexibility index (Phi) is 5.32. The zero-order valence-corrected chi connectivity index (χ0v) is 13.2. The number of imidazole rings is 1. The van der Waals surface area contributed by atoms with Gasteiger partial charge in [0, 0.05) is 18.0 Å². The third-order valence-corrected chi connectivity index (χ3v) is 4.24. The van der Waals surface area contributed by atoms with Crippen LogP contribution in [0.15, 0.2) is 53.8 Å². The Bertz CT molecular complexity index is 666. The topological polar surface area (TPSA) is 50.8 Å². The van der Waals surface area contributed by atoms with Gasteiger partial charge >= 0.3 is 0 Å². The highest BCUT2D eigenvalue weighted by molar-refractivity contribution is 7.99. The molecule has 114 valence electrons. The van der Waals surface area contributed by atoms with E-state index in [1.807, 2.05) is 36.4 Å². The van der Waals surface area contributed by atoms with Crippen LogP contribution in [0.25, 0.3) is 11.0 Å². The van der Waals surface area contributed by atoms with E-state index < -0.39 is 0 Å². The van der Waals surface area contributed by atoms with Crippen molar-refractivity contribution in [2.75, 3.05) is 12.4 Å². The summed E-state index contributed by atoms with van der Waals surface area (Å²) < 4.78 is 5.57. The van der Waals surface area contributed by atoms with Crippen LogP contribution in [-0.2, 0) is 0 Å². The minimum atomic E-state index is 0.708. The van der Waals surface area contributed by atoms with Crippen LogP contribution < -0.4 is 4.74 Å². The molecule has 2 aromatic heterocycles. The van der Waals surface area contributed by atoms with Crippen LogP contribution >= 0.6 is 11.8 Å². The maximum atomic E-state index is 5.57. The summed E-state index contributed by atoms with van der Waals surface area (Å²) in [6, 6.07) is 13.8. The van der Waals surface area contributed by atoms with Gasteiger partial charge in [-0.1, -0.05) is 30.0 Å². The van der Waals surface area contributed by atoms with Gasteiger partial charge in [-0.05, 0) is 37.5 Å². The smallest absolute Gasteiger partial charge is 0.213 e. The lowest BCUT2D eigenvalue weighted by molar-refractivity contribution is 0.295. The third-order valence-electron chi connectivity index (χ3n) is 3.28. The lowest BCUT2D eigenvalue weighted by Gasteiger charge is -2.04. The van der Waals surface area contributed by atoms with Gasteiger partial charge in [-0.2, -0.15) is 0 Å². The molecule has 3 aromatic rings. The highest BCUT2D eigenvalue weighted by Gasteiger charge is 2.02. The molecule has 0 saturated heterocycles.